The number of nitrogens with zero attached hydrogens (tertiary/aromatic N) is 4. The zero-order valence-corrected chi connectivity index (χ0v) is 11.7. The Morgan fingerprint density at radius 1 is 1.32 bits per heavy atom. The first-order valence-corrected chi connectivity index (χ1v) is 7.40. The molecule has 0 bridgehead atoms. The molecule has 5 nitrogen and oxygen atoms in total. The van der Waals surface area contributed by atoms with E-state index in [4.69, 9.17) is 0 Å². The monoisotopic (exact) mass is 275 g/mol. The highest BCUT2D eigenvalue weighted by atomic mass is 32.1. The molecule has 2 aromatic heterocycles. The fraction of sp³-hybridized carbons (Fsp3) is 0.462. The van der Waals surface area contributed by atoms with E-state index >= 15 is 0 Å². The van der Waals surface area contributed by atoms with Crippen molar-refractivity contribution in [3.63, 3.8) is 0 Å². The van der Waals surface area contributed by atoms with Crippen LogP contribution in [0.25, 0.3) is 0 Å². The summed E-state index contributed by atoms with van der Waals surface area (Å²) < 4.78 is 0. The minimum absolute atomic E-state index is 0.456. The maximum atomic E-state index is 4.67. The van der Waals surface area contributed by atoms with Gasteiger partial charge in [0.05, 0.1) is 11.7 Å². The van der Waals surface area contributed by atoms with E-state index in [9.17, 15) is 0 Å². The van der Waals surface area contributed by atoms with Gasteiger partial charge in [0, 0.05) is 17.8 Å². The number of rotatable bonds is 3. The molecule has 0 saturated carbocycles. The third-order valence-electron chi connectivity index (χ3n) is 3.42. The number of hydrogen-bond acceptors (Lipinski definition) is 6. The van der Waals surface area contributed by atoms with Crippen LogP contribution >= 0.6 is 11.3 Å². The van der Waals surface area contributed by atoms with Crippen LogP contribution in [0.2, 0.25) is 0 Å². The van der Waals surface area contributed by atoms with Crippen LogP contribution in [0.3, 0.4) is 0 Å². The van der Waals surface area contributed by atoms with Crippen LogP contribution in [-0.4, -0.2) is 33.4 Å². The van der Waals surface area contributed by atoms with Crippen molar-refractivity contribution in [2.45, 2.75) is 25.3 Å². The summed E-state index contributed by atoms with van der Waals surface area (Å²) >= 11 is 1.61. The summed E-state index contributed by atoms with van der Waals surface area (Å²) in [4.78, 5) is 15.3. The van der Waals surface area contributed by atoms with Crippen LogP contribution < -0.4 is 5.32 Å². The van der Waals surface area contributed by atoms with Gasteiger partial charge in [0.1, 0.15) is 0 Å². The summed E-state index contributed by atoms with van der Waals surface area (Å²) in [5, 5.41) is 6.14. The molecule has 6 heteroatoms. The highest BCUT2D eigenvalue weighted by Crippen LogP contribution is 2.31. The third kappa shape index (κ3) is 2.90. The average Bonchev–Trinajstić information content (AvgIpc) is 2.89. The molecule has 0 amide bonds. The van der Waals surface area contributed by atoms with Gasteiger partial charge >= 0.3 is 0 Å². The summed E-state index contributed by atoms with van der Waals surface area (Å²) in [5.74, 6) is 0.598. The van der Waals surface area contributed by atoms with Gasteiger partial charge < -0.3 is 5.32 Å². The molecule has 1 aliphatic heterocycles. The van der Waals surface area contributed by atoms with Gasteiger partial charge in [0.2, 0.25) is 5.95 Å². The lowest BCUT2D eigenvalue weighted by atomic mass is 10.0. The van der Waals surface area contributed by atoms with Crippen LogP contribution in [0.4, 0.5) is 11.1 Å². The van der Waals surface area contributed by atoms with Gasteiger partial charge in [-0.3, -0.25) is 4.90 Å². The van der Waals surface area contributed by atoms with Gasteiger partial charge in [-0.25, -0.2) is 15.0 Å². The van der Waals surface area contributed by atoms with Gasteiger partial charge in [-0.1, -0.05) is 6.42 Å². The van der Waals surface area contributed by atoms with Crippen molar-refractivity contribution in [3.8, 4) is 0 Å². The molecule has 0 spiro atoms. The summed E-state index contributed by atoms with van der Waals surface area (Å²) in [6, 6.07) is 2.26. The standard InChI is InChI=1S/C13H17N5S/c1-18-8-3-2-5-11(18)10-9-19-13(16-10)17-12-14-6-4-7-15-12/h4,6-7,9,11H,2-3,5,8H2,1H3,(H,14,15,16,17)/t11-/m1/s1. The molecule has 1 N–H and O–H groups in total. The van der Waals surface area contributed by atoms with Crippen molar-refractivity contribution in [1.82, 2.24) is 19.9 Å². The molecule has 100 valence electrons. The lowest BCUT2D eigenvalue weighted by Crippen LogP contribution is -2.29. The molecule has 1 saturated heterocycles. The summed E-state index contributed by atoms with van der Waals surface area (Å²) in [6.45, 7) is 1.16. The average molecular weight is 275 g/mol. The van der Waals surface area contributed by atoms with Crippen LogP contribution in [-0.2, 0) is 0 Å². The number of thiazole rings is 1. The first-order valence-electron chi connectivity index (χ1n) is 6.52. The number of likely N-dealkylation sites (tertiary alicyclic amines) is 1. The van der Waals surface area contributed by atoms with Gasteiger partial charge in [-0.2, -0.15) is 0 Å². The van der Waals surface area contributed by atoms with E-state index in [2.05, 4.69) is 37.6 Å². The van der Waals surface area contributed by atoms with Crippen molar-refractivity contribution >= 4 is 22.4 Å². The van der Waals surface area contributed by atoms with E-state index in [1.807, 2.05) is 0 Å². The molecule has 0 aromatic carbocycles. The zero-order chi connectivity index (χ0) is 13.1. The maximum Gasteiger partial charge on any atom is 0.228 e. The highest BCUT2D eigenvalue weighted by Gasteiger charge is 2.22. The Balaban J connectivity index is 1.72. The predicted octanol–water partition coefficient (Wildman–Crippen LogP) is 2.83. The van der Waals surface area contributed by atoms with Gasteiger partial charge in [-0.15, -0.1) is 11.3 Å². The van der Waals surface area contributed by atoms with Crippen LogP contribution in [0.5, 0.6) is 0 Å². The van der Waals surface area contributed by atoms with E-state index in [0.29, 0.717) is 12.0 Å². The topological polar surface area (TPSA) is 53.9 Å². The zero-order valence-electron chi connectivity index (χ0n) is 10.9. The minimum Gasteiger partial charge on any atom is -0.300 e. The smallest absolute Gasteiger partial charge is 0.228 e. The largest absolute Gasteiger partial charge is 0.300 e. The highest BCUT2D eigenvalue weighted by molar-refractivity contribution is 7.13. The van der Waals surface area contributed by atoms with E-state index in [1.165, 1.54) is 19.3 Å². The molecular formula is C13H17N5S. The molecule has 19 heavy (non-hydrogen) atoms. The van der Waals surface area contributed by atoms with Crippen molar-refractivity contribution in [2.24, 2.45) is 0 Å². The molecule has 1 atom stereocenters. The molecule has 3 rings (SSSR count). The quantitative estimate of drug-likeness (QED) is 0.933. The van der Waals surface area contributed by atoms with Crippen LogP contribution in [0.1, 0.15) is 31.0 Å². The number of anilines is 2. The fourth-order valence-electron chi connectivity index (χ4n) is 2.40. The molecule has 0 aliphatic carbocycles. The molecule has 0 radical (unpaired) electrons. The molecular weight excluding hydrogens is 258 g/mol. The van der Waals surface area contributed by atoms with Crippen molar-refractivity contribution < 1.29 is 0 Å². The fourth-order valence-corrected chi connectivity index (χ4v) is 3.16. The molecule has 1 aliphatic rings. The lowest BCUT2D eigenvalue weighted by Gasteiger charge is -2.31. The van der Waals surface area contributed by atoms with E-state index in [-0.39, 0.29) is 0 Å². The Labute approximate surface area is 116 Å². The predicted molar refractivity (Wildman–Crippen MR) is 76.7 cm³/mol. The Morgan fingerprint density at radius 3 is 2.95 bits per heavy atom. The summed E-state index contributed by atoms with van der Waals surface area (Å²) in [5.41, 5.74) is 1.16. The Hall–Kier alpha value is -1.53. The van der Waals surface area contributed by atoms with E-state index in [1.54, 1.807) is 29.8 Å². The Kier molecular flexibility index (Phi) is 3.70. The molecule has 2 aromatic rings. The third-order valence-corrected chi connectivity index (χ3v) is 4.19. The minimum atomic E-state index is 0.456. The molecule has 3 heterocycles. The molecule has 1 fully saturated rings. The number of aromatic nitrogens is 3. The van der Waals surface area contributed by atoms with E-state index in [0.717, 1.165) is 17.4 Å². The van der Waals surface area contributed by atoms with Crippen molar-refractivity contribution in [2.75, 3.05) is 18.9 Å². The number of hydrogen-bond donors (Lipinski definition) is 1. The lowest BCUT2D eigenvalue weighted by molar-refractivity contribution is 0.184. The summed E-state index contributed by atoms with van der Waals surface area (Å²) in [7, 11) is 2.18. The molecule has 0 unspecified atom stereocenters. The van der Waals surface area contributed by atoms with Gasteiger partial charge in [0.25, 0.3) is 0 Å². The van der Waals surface area contributed by atoms with E-state index < -0.39 is 0 Å². The normalized spacial score (nSPS) is 20.4. The van der Waals surface area contributed by atoms with Gasteiger partial charge in [0.15, 0.2) is 5.13 Å². The second-order valence-corrected chi connectivity index (χ2v) is 5.63. The van der Waals surface area contributed by atoms with Crippen molar-refractivity contribution in [3.05, 3.63) is 29.5 Å². The second-order valence-electron chi connectivity index (χ2n) is 4.77. The maximum absolute atomic E-state index is 4.67. The Bertz CT molecular complexity index is 527. The van der Waals surface area contributed by atoms with Gasteiger partial charge in [-0.05, 0) is 32.5 Å². The van der Waals surface area contributed by atoms with Crippen LogP contribution in [0.15, 0.2) is 23.8 Å². The second kappa shape index (κ2) is 5.63. The first kappa shape index (κ1) is 12.5. The van der Waals surface area contributed by atoms with Crippen LogP contribution in [0, 0.1) is 0 Å². The van der Waals surface area contributed by atoms with Crippen molar-refractivity contribution in [1.29, 1.82) is 0 Å². The number of piperidine rings is 1. The Morgan fingerprint density at radius 2 is 2.16 bits per heavy atom. The first-order chi connectivity index (χ1) is 9.33. The SMILES string of the molecule is CN1CCCC[C@@H]1c1csc(Nc2ncccn2)n1. The summed E-state index contributed by atoms with van der Waals surface area (Å²) in [6.07, 6.45) is 7.22. The number of nitrogens with one attached hydrogen (secondary N) is 1.